The second-order valence-corrected chi connectivity index (χ2v) is 23.4. The number of nitrogens with zero attached hydrogens (tertiary/aromatic N) is 1. The molecule has 1 saturated heterocycles. The Morgan fingerprint density at radius 2 is 0.935 bits per heavy atom. The maximum absolute atomic E-state index is 13.4. The number of unbranched alkanes of at least 4 members (excludes halogenated alkanes) is 27. The van der Waals surface area contributed by atoms with Crippen LogP contribution in [0.3, 0.4) is 0 Å². The molecule has 7 heteroatoms. The highest BCUT2D eigenvalue weighted by Gasteiger charge is 2.37. The predicted molar refractivity (Wildman–Crippen MR) is 271 cm³/mol. The third-order valence-corrected chi connectivity index (χ3v) is 14.5. The Balaban J connectivity index is 2.37. The van der Waals surface area contributed by atoms with E-state index in [1.165, 1.54) is 212 Å². The fourth-order valence-electron chi connectivity index (χ4n) is 8.55. The molecule has 1 heterocycles. The highest BCUT2D eigenvalue weighted by atomic mass is 28.4. The summed E-state index contributed by atoms with van der Waals surface area (Å²) < 4.78 is 25.4. The first-order chi connectivity index (χ1) is 30.2. The number of carbonyl (C=O) groups is 1. The van der Waals surface area contributed by atoms with Crippen molar-refractivity contribution in [3.8, 4) is 0 Å². The summed E-state index contributed by atoms with van der Waals surface area (Å²) in [6.45, 7) is 18.5. The van der Waals surface area contributed by atoms with Crippen LogP contribution < -0.4 is 0 Å². The molecule has 1 aliphatic heterocycles. The zero-order valence-corrected chi connectivity index (χ0v) is 43.6. The van der Waals surface area contributed by atoms with Crippen LogP contribution in [-0.2, 0) is 23.1 Å². The molecule has 6 nitrogen and oxygen atoms in total. The number of ether oxygens (including phenoxy) is 2. The van der Waals surface area contributed by atoms with E-state index in [-0.39, 0.29) is 5.97 Å². The average Bonchev–Trinajstić information content (AvgIpc) is 3.25. The molecule has 1 fully saturated rings. The molecule has 1 rings (SSSR count). The molecule has 1 atom stereocenters. The van der Waals surface area contributed by atoms with Crippen molar-refractivity contribution >= 4 is 14.5 Å². The topological polar surface area (TPSA) is 57.2 Å². The molecule has 366 valence electrons. The van der Waals surface area contributed by atoms with Crippen LogP contribution in [0.5, 0.6) is 0 Å². The highest BCUT2D eigenvalue weighted by Crippen LogP contribution is 2.29. The number of allylic oxidation sites excluding steroid dienone is 4. The summed E-state index contributed by atoms with van der Waals surface area (Å²) in [5, 5.41) is 0. The summed E-state index contributed by atoms with van der Waals surface area (Å²) in [5.74, 6) is -0.148. The van der Waals surface area contributed by atoms with E-state index >= 15 is 0 Å². The van der Waals surface area contributed by atoms with Crippen molar-refractivity contribution in [1.82, 2.24) is 4.90 Å². The first-order valence-corrected chi connectivity index (χ1v) is 30.1. The minimum Gasteiger partial charge on any atom is -0.465 e. The number of carbonyl (C=O) groups excluding carboxylic acids is 1. The van der Waals surface area contributed by atoms with Crippen LogP contribution in [0.4, 0.5) is 0 Å². The summed E-state index contributed by atoms with van der Waals surface area (Å²) in [6, 6.07) is 0. The van der Waals surface area contributed by atoms with E-state index in [0.29, 0.717) is 19.6 Å². The van der Waals surface area contributed by atoms with Crippen molar-refractivity contribution < 1.29 is 23.1 Å². The molecular weight excluding hydrogens is 783 g/mol. The lowest BCUT2D eigenvalue weighted by Crippen LogP contribution is -2.43. The van der Waals surface area contributed by atoms with Gasteiger partial charge in [-0.25, -0.2) is 0 Å². The second kappa shape index (κ2) is 42.6. The van der Waals surface area contributed by atoms with E-state index in [9.17, 15) is 4.79 Å². The van der Waals surface area contributed by atoms with Gasteiger partial charge in [0.25, 0.3) is 0 Å². The molecule has 0 radical (unpaired) electrons. The van der Waals surface area contributed by atoms with Gasteiger partial charge in [-0.05, 0) is 136 Å². The van der Waals surface area contributed by atoms with Crippen LogP contribution in [0.1, 0.15) is 259 Å². The van der Waals surface area contributed by atoms with Gasteiger partial charge in [0, 0.05) is 19.6 Å². The molecular formula is C55H107NO5Si. The Morgan fingerprint density at radius 3 is 1.42 bits per heavy atom. The van der Waals surface area contributed by atoms with E-state index in [1.54, 1.807) is 0 Å². The first kappa shape index (κ1) is 59.0. The van der Waals surface area contributed by atoms with E-state index in [2.05, 4.69) is 56.1 Å². The number of rotatable bonds is 46. The van der Waals surface area contributed by atoms with Crippen LogP contribution >= 0.6 is 0 Å². The van der Waals surface area contributed by atoms with Crippen molar-refractivity contribution in [1.29, 1.82) is 0 Å². The second-order valence-electron chi connectivity index (χ2n) is 20.1. The van der Waals surface area contributed by atoms with E-state index in [0.717, 1.165) is 38.7 Å². The quantitative estimate of drug-likeness (QED) is 0.0200. The van der Waals surface area contributed by atoms with Crippen molar-refractivity contribution in [3.05, 3.63) is 24.3 Å². The van der Waals surface area contributed by atoms with Gasteiger partial charge in [0.2, 0.25) is 0 Å². The Labute approximate surface area is 388 Å². The van der Waals surface area contributed by atoms with E-state index < -0.39 is 20.3 Å². The third kappa shape index (κ3) is 38.3. The summed E-state index contributed by atoms with van der Waals surface area (Å²) in [4.78, 5) is 16.0. The average molecular weight is 891 g/mol. The summed E-state index contributed by atoms with van der Waals surface area (Å²) >= 11 is 0. The van der Waals surface area contributed by atoms with Gasteiger partial charge in [-0.1, -0.05) is 173 Å². The lowest BCUT2D eigenvalue weighted by molar-refractivity contribution is -0.164. The lowest BCUT2D eigenvalue weighted by atomic mass is 9.89. The fourth-order valence-corrected chi connectivity index (χ4v) is 10.0. The molecule has 0 aliphatic carbocycles. The first-order valence-electron chi connectivity index (χ1n) is 27.3. The zero-order valence-electron chi connectivity index (χ0n) is 42.6. The largest absolute Gasteiger partial charge is 0.465 e. The number of hydrogen-bond acceptors (Lipinski definition) is 6. The Bertz CT molecular complexity index is 1030. The Morgan fingerprint density at radius 1 is 0.532 bits per heavy atom. The molecule has 0 N–H and O–H groups in total. The van der Waals surface area contributed by atoms with Gasteiger partial charge in [0.05, 0.1) is 12.0 Å². The van der Waals surface area contributed by atoms with Crippen molar-refractivity contribution in [3.63, 3.8) is 0 Å². The fraction of sp³-hybridized carbons (Fsp3) is 0.909. The SMILES string of the molecule is CCCCCCCC/C=C\CCCCCCCCOC(=O)C(C)(C)CC(OCCCCCCCC/C=C\CCCCCCCC)O[Si](C)(C)OCCCCCCN1CCCCC1. The van der Waals surface area contributed by atoms with Crippen LogP contribution in [0.15, 0.2) is 24.3 Å². The molecule has 0 saturated carbocycles. The van der Waals surface area contributed by atoms with Crippen LogP contribution in [0, 0.1) is 5.41 Å². The third-order valence-electron chi connectivity index (χ3n) is 12.8. The lowest BCUT2D eigenvalue weighted by Gasteiger charge is -2.33. The van der Waals surface area contributed by atoms with Gasteiger partial charge in [-0.2, -0.15) is 0 Å². The number of hydrogen-bond donors (Lipinski definition) is 0. The Kier molecular flexibility index (Phi) is 40.6. The van der Waals surface area contributed by atoms with Gasteiger partial charge < -0.3 is 23.2 Å². The predicted octanol–water partition coefficient (Wildman–Crippen LogP) is 17.1. The molecule has 62 heavy (non-hydrogen) atoms. The van der Waals surface area contributed by atoms with Gasteiger partial charge >= 0.3 is 14.5 Å². The number of esters is 1. The summed E-state index contributed by atoms with van der Waals surface area (Å²) in [7, 11) is -2.47. The number of likely N-dealkylation sites (tertiary alicyclic amines) is 1. The number of piperidine rings is 1. The minimum absolute atomic E-state index is 0.148. The molecule has 0 aromatic heterocycles. The standard InChI is InChI=1S/C55H107NO5Si/c1-7-9-11-13-15-17-19-21-23-25-27-29-31-33-36-43-49-58-53(61-62(5,6)60-51-45-38-35-40-46-56-47-41-39-42-48-56)52-55(3,4)54(57)59-50-44-37-34-32-30-28-26-24-22-20-18-16-14-12-10-8-2/h21-24,53H,7-20,25-52H2,1-6H3/b23-21-,24-22-. The van der Waals surface area contributed by atoms with Gasteiger partial charge in [0.15, 0.2) is 6.29 Å². The monoisotopic (exact) mass is 890 g/mol. The van der Waals surface area contributed by atoms with Crippen LogP contribution in [0.25, 0.3) is 0 Å². The molecule has 0 aromatic rings. The molecule has 1 aliphatic rings. The van der Waals surface area contributed by atoms with Crippen LogP contribution in [0.2, 0.25) is 13.1 Å². The summed E-state index contributed by atoms with van der Waals surface area (Å²) in [5.41, 5.74) is -0.699. The van der Waals surface area contributed by atoms with Crippen molar-refractivity contribution in [2.45, 2.75) is 278 Å². The Hall–Kier alpha value is -0.993. The molecule has 0 spiro atoms. The highest BCUT2D eigenvalue weighted by molar-refractivity contribution is 6.64. The van der Waals surface area contributed by atoms with E-state index in [1.807, 2.05) is 13.8 Å². The molecule has 1 unspecified atom stereocenters. The molecule has 0 bridgehead atoms. The van der Waals surface area contributed by atoms with Gasteiger partial charge in [-0.15, -0.1) is 0 Å². The molecule has 0 amide bonds. The zero-order chi connectivity index (χ0) is 45.1. The maximum Gasteiger partial charge on any atom is 0.333 e. The van der Waals surface area contributed by atoms with Gasteiger partial charge in [-0.3, -0.25) is 4.79 Å². The molecule has 0 aromatic carbocycles. The van der Waals surface area contributed by atoms with E-state index in [4.69, 9.17) is 18.3 Å². The maximum atomic E-state index is 13.4. The van der Waals surface area contributed by atoms with Crippen molar-refractivity contribution in [2.24, 2.45) is 5.41 Å². The van der Waals surface area contributed by atoms with Crippen molar-refractivity contribution in [2.75, 3.05) is 39.5 Å². The smallest absolute Gasteiger partial charge is 0.333 e. The minimum atomic E-state index is -2.47. The summed E-state index contributed by atoms with van der Waals surface area (Å²) in [6.07, 6.45) is 54.3. The van der Waals surface area contributed by atoms with Gasteiger partial charge in [0.1, 0.15) is 0 Å². The normalized spacial score (nSPS) is 14.7. The van der Waals surface area contributed by atoms with Crippen LogP contribution in [-0.4, -0.2) is 65.2 Å².